The molecule has 0 aliphatic carbocycles. The Morgan fingerprint density at radius 3 is 1.21 bits per heavy atom. The molecular weight excluding hydrogens is 480 g/mol. The van der Waals surface area contributed by atoms with E-state index in [0.29, 0.717) is 24.3 Å². The minimum Gasteiger partial charge on any atom is -0.479 e. The first kappa shape index (κ1) is 31.2. The Labute approximate surface area is 228 Å². The number of benzene rings is 2. The lowest BCUT2D eigenvalue weighted by molar-refractivity contribution is -0.268. The van der Waals surface area contributed by atoms with Gasteiger partial charge in [-0.15, -0.1) is 0 Å². The number of carbonyl (C=O) groups is 2. The highest BCUT2D eigenvalue weighted by atomic mass is 17.2. The smallest absolute Gasteiger partial charge is 0.395 e. The SMILES string of the molecule is CC(CC(Oc1ccccc1)C(=O)OOC(=O)C(CC(C)CC(C)(C)C)Oc1ccccc1)CC(C)(C)C. The lowest BCUT2D eigenvalue weighted by atomic mass is 9.83. The Morgan fingerprint density at radius 1 is 0.605 bits per heavy atom. The van der Waals surface area contributed by atoms with Gasteiger partial charge in [0.15, 0.2) is 0 Å². The molecule has 0 radical (unpaired) electrons. The zero-order chi connectivity index (χ0) is 28.3. The number of ether oxygens (including phenoxy) is 2. The van der Waals surface area contributed by atoms with Crippen molar-refractivity contribution in [1.82, 2.24) is 0 Å². The summed E-state index contributed by atoms with van der Waals surface area (Å²) >= 11 is 0. The summed E-state index contributed by atoms with van der Waals surface area (Å²) in [7, 11) is 0. The molecule has 0 fully saturated rings. The van der Waals surface area contributed by atoms with Gasteiger partial charge in [0.05, 0.1) is 0 Å². The van der Waals surface area contributed by atoms with Crippen molar-refractivity contribution in [2.75, 3.05) is 0 Å². The van der Waals surface area contributed by atoms with Crippen LogP contribution in [0.1, 0.15) is 81.1 Å². The Bertz CT molecular complexity index is 893. The molecule has 210 valence electrons. The van der Waals surface area contributed by atoms with Crippen molar-refractivity contribution < 1.29 is 28.8 Å². The van der Waals surface area contributed by atoms with E-state index in [1.54, 1.807) is 24.3 Å². The molecule has 4 unspecified atom stereocenters. The van der Waals surface area contributed by atoms with Gasteiger partial charge in [-0.1, -0.05) is 91.8 Å². The molecule has 2 rings (SSSR count). The lowest BCUT2D eigenvalue weighted by Crippen LogP contribution is -2.36. The van der Waals surface area contributed by atoms with Crippen molar-refractivity contribution in [1.29, 1.82) is 0 Å². The van der Waals surface area contributed by atoms with E-state index < -0.39 is 24.1 Å². The molecule has 0 bridgehead atoms. The van der Waals surface area contributed by atoms with Crippen molar-refractivity contribution in [3.63, 3.8) is 0 Å². The van der Waals surface area contributed by atoms with Gasteiger partial charge in [-0.25, -0.2) is 19.4 Å². The lowest BCUT2D eigenvalue weighted by Gasteiger charge is -2.27. The second-order valence-electron chi connectivity index (χ2n) is 12.9. The van der Waals surface area contributed by atoms with Gasteiger partial charge in [0.25, 0.3) is 0 Å². The van der Waals surface area contributed by atoms with E-state index in [1.165, 1.54) is 0 Å². The van der Waals surface area contributed by atoms with Gasteiger partial charge < -0.3 is 9.47 Å². The first-order valence-corrected chi connectivity index (χ1v) is 13.6. The van der Waals surface area contributed by atoms with Crippen LogP contribution in [0.25, 0.3) is 0 Å². The third kappa shape index (κ3) is 12.5. The highest BCUT2D eigenvalue weighted by Crippen LogP contribution is 2.29. The van der Waals surface area contributed by atoms with Crippen molar-refractivity contribution in [2.45, 2.75) is 93.3 Å². The van der Waals surface area contributed by atoms with Crippen LogP contribution in [0.3, 0.4) is 0 Å². The molecule has 4 atom stereocenters. The van der Waals surface area contributed by atoms with Gasteiger partial charge in [-0.2, -0.15) is 0 Å². The fraction of sp³-hybridized carbons (Fsp3) is 0.562. The first-order valence-electron chi connectivity index (χ1n) is 13.6. The molecule has 0 aromatic heterocycles. The maximum absolute atomic E-state index is 13.1. The van der Waals surface area contributed by atoms with E-state index >= 15 is 0 Å². The zero-order valence-electron chi connectivity index (χ0n) is 24.4. The highest BCUT2D eigenvalue weighted by molar-refractivity contribution is 5.78. The van der Waals surface area contributed by atoms with Crippen LogP contribution in [0.15, 0.2) is 60.7 Å². The van der Waals surface area contributed by atoms with E-state index in [4.69, 9.17) is 19.2 Å². The summed E-state index contributed by atoms with van der Waals surface area (Å²) in [6, 6.07) is 18.2. The minimum absolute atomic E-state index is 0.0961. The largest absolute Gasteiger partial charge is 0.479 e. The van der Waals surface area contributed by atoms with E-state index in [1.807, 2.05) is 36.4 Å². The Balaban J connectivity index is 2.10. The number of para-hydroxylation sites is 2. The summed E-state index contributed by atoms with van der Waals surface area (Å²) in [5.41, 5.74) is 0.192. The van der Waals surface area contributed by atoms with Crippen molar-refractivity contribution >= 4 is 11.9 Å². The molecule has 0 saturated carbocycles. The molecule has 0 saturated heterocycles. The molecule has 0 amide bonds. The molecule has 6 nitrogen and oxygen atoms in total. The van der Waals surface area contributed by atoms with Gasteiger partial charge in [-0.05, 0) is 72.6 Å². The van der Waals surface area contributed by atoms with Crippen LogP contribution < -0.4 is 9.47 Å². The van der Waals surface area contributed by atoms with Crippen molar-refractivity contribution in [2.24, 2.45) is 22.7 Å². The van der Waals surface area contributed by atoms with Crippen LogP contribution in [0.5, 0.6) is 11.5 Å². The summed E-state index contributed by atoms with van der Waals surface area (Å²) in [5, 5.41) is 0. The monoisotopic (exact) mass is 526 g/mol. The highest BCUT2D eigenvalue weighted by Gasteiger charge is 2.32. The Hall–Kier alpha value is -3.02. The number of hydrogen-bond acceptors (Lipinski definition) is 6. The van der Waals surface area contributed by atoms with Gasteiger partial charge in [0.1, 0.15) is 11.5 Å². The van der Waals surface area contributed by atoms with Crippen LogP contribution in [0, 0.1) is 22.7 Å². The minimum atomic E-state index is -0.921. The number of rotatable bonds is 12. The second kappa shape index (κ2) is 14.2. The van der Waals surface area contributed by atoms with E-state index in [-0.39, 0.29) is 22.7 Å². The van der Waals surface area contributed by atoms with Gasteiger partial charge in [0, 0.05) is 0 Å². The Kier molecular flexibility index (Phi) is 11.7. The average Bonchev–Trinajstić information content (AvgIpc) is 2.80. The van der Waals surface area contributed by atoms with Gasteiger partial charge in [0.2, 0.25) is 12.2 Å². The van der Waals surface area contributed by atoms with E-state index in [0.717, 1.165) is 12.8 Å². The van der Waals surface area contributed by atoms with E-state index in [9.17, 15) is 9.59 Å². The van der Waals surface area contributed by atoms with Gasteiger partial charge >= 0.3 is 11.9 Å². The van der Waals surface area contributed by atoms with E-state index in [2.05, 4.69) is 55.4 Å². The van der Waals surface area contributed by atoms with Crippen molar-refractivity contribution in [3.05, 3.63) is 60.7 Å². The standard InChI is InChI=1S/C32H46O6/c1-23(21-31(3,4)5)19-27(35-25-15-11-9-12-16-25)29(33)37-38-30(34)28(20-24(2)22-32(6,7)8)36-26-17-13-10-14-18-26/h9-18,23-24,27-28H,19-22H2,1-8H3. The third-order valence-corrected chi connectivity index (χ3v) is 5.93. The summed E-state index contributed by atoms with van der Waals surface area (Å²) in [6.45, 7) is 17.1. The first-order chi connectivity index (χ1) is 17.7. The van der Waals surface area contributed by atoms with Crippen molar-refractivity contribution in [3.8, 4) is 11.5 Å². The molecule has 0 spiro atoms. The van der Waals surface area contributed by atoms with Gasteiger partial charge in [-0.3, -0.25) is 0 Å². The predicted octanol–water partition coefficient (Wildman–Crippen LogP) is 7.81. The number of hydrogen-bond donors (Lipinski definition) is 0. The molecule has 6 heteroatoms. The fourth-order valence-electron chi connectivity index (χ4n) is 4.89. The molecule has 0 N–H and O–H groups in total. The molecule has 0 aliphatic heterocycles. The topological polar surface area (TPSA) is 71.1 Å². The number of carbonyl (C=O) groups excluding carboxylic acids is 2. The summed E-state index contributed by atoms with van der Waals surface area (Å²) in [5.74, 6) is -0.0397. The van der Waals surface area contributed by atoms with Crippen LogP contribution in [-0.4, -0.2) is 24.1 Å². The molecule has 2 aromatic rings. The predicted molar refractivity (Wildman–Crippen MR) is 150 cm³/mol. The molecule has 2 aromatic carbocycles. The maximum atomic E-state index is 13.1. The van der Waals surface area contributed by atoms with Crippen LogP contribution >= 0.6 is 0 Å². The molecule has 0 heterocycles. The molecular formula is C32H46O6. The Morgan fingerprint density at radius 2 is 0.921 bits per heavy atom. The summed E-state index contributed by atoms with van der Waals surface area (Å²) < 4.78 is 11.9. The normalized spacial score (nSPS) is 15.1. The average molecular weight is 527 g/mol. The summed E-state index contributed by atoms with van der Waals surface area (Å²) in [4.78, 5) is 36.3. The van der Waals surface area contributed by atoms with Crippen LogP contribution in [0.4, 0.5) is 0 Å². The summed E-state index contributed by atoms with van der Waals surface area (Å²) in [6.07, 6.45) is 0.803. The fourth-order valence-corrected chi connectivity index (χ4v) is 4.89. The van der Waals surface area contributed by atoms with Crippen LogP contribution in [-0.2, 0) is 19.4 Å². The maximum Gasteiger partial charge on any atom is 0.395 e. The second-order valence-corrected chi connectivity index (χ2v) is 12.9. The van der Waals surface area contributed by atoms with Crippen LogP contribution in [0.2, 0.25) is 0 Å². The molecule has 38 heavy (non-hydrogen) atoms. The third-order valence-electron chi connectivity index (χ3n) is 5.93. The quantitative estimate of drug-likeness (QED) is 0.207. The zero-order valence-corrected chi connectivity index (χ0v) is 24.4. The molecule has 0 aliphatic rings.